The molecule has 212 valence electrons. The van der Waals surface area contributed by atoms with E-state index in [1.165, 1.54) is 83.5 Å². The molecule has 1 aromatic carbocycles. The van der Waals surface area contributed by atoms with Crippen molar-refractivity contribution in [1.29, 1.82) is 0 Å². The van der Waals surface area contributed by atoms with Gasteiger partial charge in [0.2, 0.25) is 0 Å². The molecule has 3 rings (SSSR count). The molecule has 0 radical (unpaired) electrons. The standard InChI is InChI=1S/C34H53NO3/c1-4-6-7-8-9-10-11-14-17-29-26-37-34(38-27-29)31-20-23-33(35-25-31)30-18-21-32(22-19-30)36-24-15-12-13-16-28(3)5-2/h18-23,25,28-29,34H,4-17,24,26-27H2,1-3H3/t28-,29-,34-/m0/s1. The van der Waals surface area contributed by atoms with Gasteiger partial charge in [0.25, 0.3) is 0 Å². The van der Waals surface area contributed by atoms with Gasteiger partial charge in [-0.3, -0.25) is 4.98 Å². The number of pyridine rings is 1. The van der Waals surface area contributed by atoms with Crippen LogP contribution in [0.1, 0.15) is 123 Å². The monoisotopic (exact) mass is 523 g/mol. The van der Waals surface area contributed by atoms with E-state index >= 15 is 0 Å². The van der Waals surface area contributed by atoms with E-state index in [-0.39, 0.29) is 6.29 Å². The number of hydrogen-bond acceptors (Lipinski definition) is 4. The number of aromatic nitrogens is 1. The molecule has 4 heteroatoms. The van der Waals surface area contributed by atoms with Crippen LogP contribution in [0.4, 0.5) is 0 Å². The fraction of sp³-hybridized carbons (Fsp3) is 0.676. The predicted octanol–water partition coefficient (Wildman–Crippen LogP) is 9.93. The average molecular weight is 524 g/mol. The zero-order valence-corrected chi connectivity index (χ0v) is 24.5. The summed E-state index contributed by atoms with van der Waals surface area (Å²) in [6.45, 7) is 9.23. The van der Waals surface area contributed by atoms with Crippen LogP contribution in [0.15, 0.2) is 42.6 Å². The Bertz CT molecular complexity index is 843. The van der Waals surface area contributed by atoms with Gasteiger partial charge in [-0.05, 0) is 49.1 Å². The summed E-state index contributed by atoms with van der Waals surface area (Å²) in [5.74, 6) is 2.29. The van der Waals surface area contributed by atoms with Gasteiger partial charge in [-0.1, -0.05) is 104 Å². The lowest BCUT2D eigenvalue weighted by Crippen LogP contribution is -2.27. The van der Waals surface area contributed by atoms with Gasteiger partial charge >= 0.3 is 0 Å². The van der Waals surface area contributed by atoms with Crippen molar-refractivity contribution >= 4 is 0 Å². The molecule has 4 nitrogen and oxygen atoms in total. The van der Waals surface area contributed by atoms with Crippen LogP contribution in [0.2, 0.25) is 0 Å². The summed E-state index contributed by atoms with van der Waals surface area (Å²) in [5.41, 5.74) is 3.04. The normalized spacial score (nSPS) is 18.4. The van der Waals surface area contributed by atoms with Crippen molar-refractivity contribution < 1.29 is 14.2 Å². The Hall–Kier alpha value is -1.91. The van der Waals surface area contributed by atoms with Gasteiger partial charge in [0.05, 0.1) is 25.5 Å². The molecule has 38 heavy (non-hydrogen) atoms. The summed E-state index contributed by atoms with van der Waals surface area (Å²) in [6, 6.07) is 12.4. The molecule has 1 aliphatic rings. The molecule has 0 spiro atoms. The highest BCUT2D eigenvalue weighted by atomic mass is 16.7. The summed E-state index contributed by atoms with van der Waals surface area (Å²) in [6.07, 6.45) is 20.0. The van der Waals surface area contributed by atoms with Crippen molar-refractivity contribution in [3.8, 4) is 17.0 Å². The molecule has 1 atom stereocenters. The number of hydrogen-bond donors (Lipinski definition) is 0. The zero-order chi connectivity index (χ0) is 26.8. The minimum absolute atomic E-state index is 0.299. The fourth-order valence-corrected chi connectivity index (χ4v) is 5.07. The highest BCUT2D eigenvalue weighted by Gasteiger charge is 2.23. The second kappa shape index (κ2) is 18.4. The smallest absolute Gasteiger partial charge is 0.185 e. The Morgan fingerprint density at radius 1 is 0.816 bits per heavy atom. The zero-order valence-electron chi connectivity index (χ0n) is 24.5. The van der Waals surface area contributed by atoms with Crippen LogP contribution in [0.3, 0.4) is 0 Å². The van der Waals surface area contributed by atoms with Gasteiger partial charge in [0, 0.05) is 23.2 Å². The minimum atomic E-state index is -0.299. The number of ether oxygens (including phenoxy) is 3. The Morgan fingerprint density at radius 2 is 1.50 bits per heavy atom. The van der Waals surface area contributed by atoms with E-state index in [1.807, 2.05) is 18.3 Å². The summed E-state index contributed by atoms with van der Waals surface area (Å²) in [7, 11) is 0. The van der Waals surface area contributed by atoms with Crippen molar-refractivity contribution in [2.45, 2.75) is 117 Å². The van der Waals surface area contributed by atoms with Gasteiger partial charge in [0.15, 0.2) is 6.29 Å². The fourth-order valence-electron chi connectivity index (χ4n) is 5.07. The first-order valence-corrected chi connectivity index (χ1v) is 15.6. The van der Waals surface area contributed by atoms with E-state index in [1.54, 1.807) is 0 Å². The van der Waals surface area contributed by atoms with Crippen LogP contribution >= 0.6 is 0 Å². The first kappa shape index (κ1) is 30.6. The second-order valence-electron chi connectivity index (χ2n) is 11.3. The Kier molecular flexibility index (Phi) is 14.8. The first-order valence-electron chi connectivity index (χ1n) is 15.6. The van der Waals surface area contributed by atoms with Crippen molar-refractivity contribution in [2.24, 2.45) is 11.8 Å². The van der Waals surface area contributed by atoms with E-state index < -0.39 is 0 Å². The van der Waals surface area contributed by atoms with Crippen LogP contribution in [0, 0.1) is 11.8 Å². The molecule has 0 bridgehead atoms. The van der Waals surface area contributed by atoms with Crippen LogP contribution < -0.4 is 4.74 Å². The molecule has 0 N–H and O–H groups in total. The van der Waals surface area contributed by atoms with Crippen LogP contribution in [-0.4, -0.2) is 24.8 Å². The summed E-state index contributed by atoms with van der Waals surface area (Å²) in [4.78, 5) is 4.69. The second-order valence-corrected chi connectivity index (χ2v) is 11.3. The maximum Gasteiger partial charge on any atom is 0.185 e. The van der Waals surface area contributed by atoms with Crippen molar-refractivity contribution in [1.82, 2.24) is 4.98 Å². The summed E-state index contributed by atoms with van der Waals surface area (Å²) >= 11 is 0. The molecule has 1 saturated heterocycles. The van der Waals surface area contributed by atoms with Gasteiger partial charge in [0.1, 0.15) is 5.75 Å². The third kappa shape index (κ3) is 11.5. The van der Waals surface area contributed by atoms with E-state index in [0.29, 0.717) is 5.92 Å². The van der Waals surface area contributed by atoms with Gasteiger partial charge in [-0.25, -0.2) is 0 Å². The maximum atomic E-state index is 6.06. The van der Waals surface area contributed by atoms with Crippen molar-refractivity contribution in [2.75, 3.05) is 19.8 Å². The number of benzene rings is 1. The van der Waals surface area contributed by atoms with Crippen molar-refractivity contribution in [3.63, 3.8) is 0 Å². The molecule has 0 amide bonds. The lowest BCUT2D eigenvalue weighted by Gasteiger charge is -2.29. The van der Waals surface area contributed by atoms with Gasteiger partial charge in [-0.15, -0.1) is 0 Å². The molecule has 0 aliphatic carbocycles. The average Bonchev–Trinajstić information content (AvgIpc) is 2.97. The highest BCUT2D eigenvalue weighted by molar-refractivity contribution is 5.60. The topological polar surface area (TPSA) is 40.6 Å². The quantitative estimate of drug-likeness (QED) is 0.172. The molecular formula is C34H53NO3. The highest BCUT2D eigenvalue weighted by Crippen LogP contribution is 2.29. The van der Waals surface area contributed by atoms with Crippen LogP contribution in [0.5, 0.6) is 5.75 Å². The molecule has 2 aromatic rings. The molecule has 0 unspecified atom stereocenters. The molecule has 1 aliphatic heterocycles. The van der Waals surface area contributed by atoms with Crippen LogP contribution in [-0.2, 0) is 9.47 Å². The summed E-state index contributed by atoms with van der Waals surface area (Å²) in [5, 5.41) is 0. The lowest BCUT2D eigenvalue weighted by molar-refractivity contribution is -0.206. The van der Waals surface area contributed by atoms with Crippen molar-refractivity contribution in [3.05, 3.63) is 48.2 Å². The molecule has 1 fully saturated rings. The van der Waals surface area contributed by atoms with E-state index in [0.717, 1.165) is 54.7 Å². The molecule has 0 saturated carbocycles. The SMILES string of the molecule is CCCCCCCCCC[C@H]1CO[C@H](c2ccc(-c3ccc(OCCCCC[C@@H](C)CC)cc3)nc2)OC1. The number of unbranched alkanes of at least 4 members (excludes halogenated alkanes) is 9. The molecular weight excluding hydrogens is 470 g/mol. The first-order chi connectivity index (χ1) is 18.7. The molecule has 1 aromatic heterocycles. The van der Waals surface area contributed by atoms with E-state index in [9.17, 15) is 0 Å². The maximum absolute atomic E-state index is 6.06. The number of nitrogens with zero attached hydrogens (tertiary/aromatic N) is 1. The lowest BCUT2D eigenvalue weighted by atomic mass is 10.0. The van der Waals surface area contributed by atoms with Gasteiger partial charge < -0.3 is 14.2 Å². The Balaban J connectivity index is 1.31. The Morgan fingerprint density at radius 3 is 2.16 bits per heavy atom. The summed E-state index contributed by atoms with van der Waals surface area (Å²) < 4.78 is 18.1. The number of rotatable bonds is 19. The van der Waals surface area contributed by atoms with Crippen LogP contribution in [0.25, 0.3) is 11.3 Å². The molecule has 2 heterocycles. The third-order valence-corrected chi connectivity index (χ3v) is 7.95. The largest absolute Gasteiger partial charge is 0.494 e. The van der Waals surface area contributed by atoms with Gasteiger partial charge in [-0.2, -0.15) is 0 Å². The minimum Gasteiger partial charge on any atom is -0.494 e. The predicted molar refractivity (Wildman–Crippen MR) is 158 cm³/mol. The van der Waals surface area contributed by atoms with E-state index in [2.05, 4.69) is 50.0 Å². The van der Waals surface area contributed by atoms with E-state index in [4.69, 9.17) is 14.2 Å². The third-order valence-electron chi connectivity index (χ3n) is 7.95. The Labute approximate surface area is 232 Å².